The number of aromatic nitrogens is 1. The summed E-state index contributed by atoms with van der Waals surface area (Å²) in [5, 5.41) is 0. The maximum Gasteiger partial charge on any atom is 2.00 e. The van der Waals surface area contributed by atoms with Crippen molar-refractivity contribution in [2.45, 2.75) is 61.5 Å². The molecule has 0 saturated carbocycles. The average molecular weight is 789 g/mol. The van der Waals surface area contributed by atoms with Crippen LogP contribution in [-0.2, 0) is 37.6 Å². The van der Waals surface area contributed by atoms with Gasteiger partial charge in [0.05, 0.1) is 5.69 Å². The van der Waals surface area contributed by atoms with Gasteiger partial charge in [0, 0.05) is 29.0 Å². The first-order valence-electron chi connectivity index (χ1n) is 14.9. The van der Waals surface area contributed by atoms with E-state index in [1.807, 2.05) is 18.3 Å². The number of hydrogen-bond donors (Lipinski definition) is 0. The third-order valence-corrected chi connectivity index (χ3v) is 9.47. The van der Waals surface area contributed by atoms with E-state index in [2.05, 4.69) is 118 Å². The Bertz CT molecular complexity index is 1970. The minimum atomic E-state index is -0.00662. The molecule has 0 N–H and O–H groups in total. The molecule has 0 saturated heterocycles. The van der Waals surface area contributed by atoms with Crippen molar-refractivity contribution in [2.75, 3.05) is 4.90 Å². The second-order valence-corrected chi connectivity index (χ2v) is 13.7. The summed E-state index contributed by atoms with van der Waals surface area (Å²) in [5.41, 5.74) is 7.63. The van der Waals surface area contributed by atoms with Crippen molar-refractivity contribution in [3.8, 4) is 11.5 Å². The molecule has 1 aromatic heterocycles. The van der Waals surface area contributed by atoms with Crippen molar-refractivity contribution in [3.05, 3.63) is 131 Å². The molecular formula is C38H31N3O2PtS. The molecule has 3 aliphatic rings. The normalized spacial score (nSPS) is 17.7. The summed E-state index contributed by atoms with van der Waals surface area (Å²) in [6, 6.07) is 36.3. The molecular weight excluding hydrogens is 758 g/mol. The minimum absolute atomic E-state index is 0. The number of benzene rings is 4. The average Bonchev–Trinajstić information content (AvgIpc) is 3.58. The maximum absolute atomic E-state index is 6.45. The van der Waals surface area contributed by atoms with E-state index in [-0.39, 0.29) is 38.6 Å². The van der Waals surface area contributed by atoms with Crippen molar-refractivity contribution in [2.24, 2.45) is 4.99 Å². The fraction of sp³-hybridized carbons (Fsp3) is 0.211. The molecule has 8 rings (SSSR count). The van der Waals surface area contributed by atoms with E-state index in [4.69, 9.17) is 19.5 Å². The Hall–Kier alpha value is -3.86. The van der Waals surface area contributed by atoms with Gasteiger partial charge in [0.1, 0.15) is 23.9 Å². The second-order valence-electron chi connectivity index (χ2n) is 12.6. The number of aryl methyl sites for hydroxylation is 1. The van der Waals surface area contributed by atoms with Gasteiger partial charge in [-0.1, -0.05) is 86.7 Å². The number of anilines is 3. The Labute approximate surface area is 283 Å². The van der Waals surface area contributed by atoms with E-state index < -0.39 is 0 Å². The topological polar surface area (TPSA) is 47.0 Å². The summed E-state index contributed by atoms with van der Waals surface area (Å²) >= 11 is 1.73. The predicted octanol–water partition coefficient (Wildman–Crippen LogP) is 9.45. The van der Waals surface area contributed by atoms with Crippen molar-refractivity contribution < 1.29 is 30.5 Å². The van der Waals surface area contributed by atoms with Crippen LogP contribution in [0.3, 0.4) is 0 Å². The molecule has 45 heavy (non-hydrogen) atoms. The van der Waals surface area contributed by atoms with Gasteiger partial charge in [-0.15, -0.1) is 23.8 Å². The van der Waals surface area contributed by atoms with Gasteiger partial charge in [-0.05, 0) is 52.1 Å². The van der Waals surface area contributed by atoms with Gasteiger partial charge in [0.2, 0.25) is 0 Å². The smallest absolute Gasteiger partial charge is 0.514 e. The quantitative estimate of drug-likeness (QED) is 0.167. The Morgan fingerprint density at radius 1 is 0.911 bits per heavy atom. The van der Waals surface area contributed by atoms with Crippen LogP contribution in [0.1, 0.15) is 54.6 Å². The van der Waals surface area contributed by atoms with Gasteiger partial charge in [0.15, 0.2) is 0 Å². The van der Waals surface area contributed by atoms with Crippen molar-refractivity contribution in [1.82, 2.24) is 4.98 Å². The van der Waals surface area contributed by atoms with Crippen molar-refractivity contribution >= 4 is 34.9 Å². The third-order valence-electron chi connectivity index (χ3n) is 8.36. The zero-order chi connectivity index (χ0) is 30.0. The molecule has 3 heterocycles. The van der Waals surface area contributed by atoms with E-state index >= 15 is 0 Å². The summed E-state index contributed by atoms with van der Waals surface area (Å²) in [5.74, 6) is 2.69. The standard InChI is InChI=1S/C38H31N3O2S.Pt/c1-23-17-25(37-40-36-29-10-6-5-9-24(29)20-32(36)43-37)19-28(18-23)42-27-13-14-34-31(22-27)41(30-11-7-8-12-33(30)44-34)35-21-26(15-16-39-35)38(2,3)4;/h5-18,21,32,36H,20H2,1-4H3;/q-2;+2/t32-,36+;/m0./s1. The largest absolute Gasteiger partial charge is 2.00 e. The van der Waals surface area contributed by atoms with Crippen LogP contribution in [0, 0.1) is 19.1 Å². The summed E-state index contributed by atoms with van der Waals surface area (Å²) in [6.07, 6.45) is 2.80. The number of rotatable bonds is 4. The van der Waals surface area contributed by atoms with Crippen LogP contribution in [0.4, 0.5) is 17.2 Å². The SMILES string of the molecule is Cc1cc(Oc2[c-]c3c(cc2)Sc2ccccc2N3c2cc(C(C)(C)C)ccn2)[c-]c(C2=N[C@@H]3c4ccccc4C[C@@H]3O2)c1.[Pt+2]. The van der Waals surface area contributed by atoms with Gasteiger partial charge in [-0.2, -0.15) is 17.8 Å². The molecule has 2 aliphatic heterocycles. The summed E-state index contributed by atoms with van der Waals surface area (Å²) < 4.78 is 12.8. The molecule has 7 heteroatoms. The molecule has 5 nitrogen and oxygen atoms in total. The number of para-hydroxylation sites is 1. The van der Waals surface area contributed by atoms with Crippen LogP contribution in [0.5, 0.6) is 11.5 Å². The Kier molecular flexibility index (Phi) is 7.62. The Morgan fingerprint density at radius 3 is 2.60 bits per heavy atom. The molecule has 5 aromatic rings. The van der Waals surface area contributed by atoms with E-state index in [0.717, 1.165) is 39.6 Å². The molecule has 4 aromatic carbocycles. The predicted molar refractivity (Wildman–Crippen MR) is 175 cm³/mol. The van der Waals surface area contributed by atoms with E-state index in [1.54, 1.807) is 11.8 Å². The first-order chi connectivity index (χ1) is 21.3. The van der Waals surface area contributed by atoms with Crippen LogP contribution in [0.25, 0.3) is 0 Å². The molecule has 0 amide bonds. The summed E-state index contributed by atoms with van der Waals surface area (Å²) in [7, 11) is 0. The molecule has 0 spiro atoms. The zero-order valence-electron chi connectivity index (χ0n) is 25.4. The number of hydrogen-bond acceptors (Lipinski definition) is 6. The summed E-state index contributed by atoms with van der Waals surface area (Å²) in [4.78, 5) is 14.2. The summed E-state index contributed by atoms with van der Waals surface area (Å²) in [6.45, 7) is 8.71. The van der Waals surface area contributed by atoms with Gasteiger partial charge >= 0.3 is 21.1 Å². The van der Waals surface area contributed by atoms with Crippen LogP contribution >= 0.6 is 11.8 Å². The van der Waals surface area contributed by atoms with E-state index in [1.165, 1.54) is 21.6 Å². The first-order valence-corrected chi connectivity index (χ1v) is 15.8. The number of fused-ring (bicyclic) bond motifs is 5. The maximum atomic E-state index is 6.45. The van der Waals surface area contributed by atoms with Gasteiger partial charge in [0.25, 0.3) is 0 Å². The van der Waals surface area contributed by atoms with Crippen molar-refractivity contribution in [1.29, 1.82) is 0 Å². The van der Waals surface area contributed by atoms with Crippen LogP contribution in [-0.4, -0.2) is 17.0 Å². The zero-order valence-corrected chi connectivity index (χ0v) is 28.5. The monoisotopic (exact) mass is 788 g/mol. The number of aliphatic imine (C=N–C) groups is 1. The molecule has 0 fully saturated rings. The molecule has 226 valence electrons. The number of nitrogens with zero attached hydrogens (tertiary/aromatic N) is 3. The first kappa shape index (κ1) is 29.8. The van der Waals surface area contributed by atoms with Gasteiger partial charge in [-0.25, -0.2) is 4.98 Å². The fourth-order valence-corrected chi connectivity index (χ4v) is 7.19. The number of pyridine rings is 1. The van der Waals surface area contributed by atoms with E-state index in [9.17, 15) is 0 Å². The fourth-order valence-electron chi connectivity index (χ4n) is 6.17. The van der Waals surface area contributed by atoms with Gasteiger partial charge in [-0.3, -0.25) is 4.99 Å². The Morgan fingerprint density at radius 2 is 1.73 bits per heavy atom. The molecule has 0 radical (unpaired) electrons. The second kappa shape index (κ2) is 11.5. The van der Waals surface area contributed by atoms with Crippen LogP contribution in [0.2, 0.25) is 0 Å². The Balaban J connectivity index is 0.00000325. The molecule has 0 unspecified atom stereocenters. The molecule has 1 aliphatic carbocycles. The molecule has 2 atom stereocenters. The van der Waals surface area contributed by atoms with E-state index in [0.29, 0.717) is 17.4 Å². The molecule has 0 bridgehead atoms. The van der Waals surface area contributed by atoms with Crippen LogP contribution in [0.15, 0.2) is 106 Å². The number of ether oxygens (including phenoxy) is 2. The van der Waals surface area contributed by atoms with Crippen molar-refractivity contribution in [3.63, 3.8) is 0 Å². The minimum Gasteiger partial charge on any atom is -0.514 e. The van der Waals surface area contributed by atoms with Crippen LogP contribution < -0.4 is 9.64 Å². The van der Waals surface area contributed by atoms with Gasteiger partial charge < -0.3 is 14.4 Å². The third kappa shape index (κ3) is 5.49.